The molecular formula is C8H16N2O3. The molecule has 76 valence electrons. The van der Waals surface area contributed by atoms with E-state index in [1.165, 1.54) is 0 Å². The van der Waals surface area contributed by atoms with Crippen LogP contribution in [0.2, 0.25) is 0 Å². The Bertz CT molecular complexity index is 175. The van der Waals surface area contributed by atoms with E-state index in [1.54, 1.807) is 0 Å². The highest BCUT2D eigenvalue weighted by Crippen LogP contribution is 2.03. The summed E-state index contributed by atoms with van der Waals surface area (Å²) in [4.78, 5) is 11.4. The zero-order chi connectivity index (χ0) is 9.68. The van der Waals surface area contributed by atoms with E-state index in [-0.39, 0.29) is 24.7 Å². The Morgan fingerprint density at radius 3 is 3.15 bits per heavy atom. The highest BCUT2D eigenvalue weighted by Gasteiger charge is 2.27. The van der Waals surface area contributed by atoms with Crippen LogP contribution in [0.1, 0.15) is 6.92 Å². The van der Waals surface area contributed by atoms with Crippen molar-refractivity contribution in [2.45, 2.75) is 19.1 Å². The van der Waals surface area contributed by atoms with Crippen LogP contribution in [0.3, 0.4) is 0 Å². The standard InChI is InChI=1S/C8H16N2O3/c1-6-7(9-3-5-13-6)8(12)10-2-4-11/h6-7,9,11H,2-5H2,1H3,(H,10,12). The van der Waals surface area contributed by atoms with Crippen molar-refractivity contribution in [3.05, 3.63) is 0 Å². The molecule has 1 aliphatic heterocycles. The third-order valence-corrected chi connectivity index (χ3v) is 2.01. The number of hydrogen-bond acceptors (Lipinski definition) is 4. The molecule has 0 radical (unpaired) electrons. The number of aliphatic hydroxyl groups excluding tert-OH is 1. The molecule has 0 saturated carbocycles. The van der Waals surface area contributed by atoms with Crippen molar-refractivity contribution in [1.29, 1.82) is 0 Å². The number of nitrogens with one attached hydrogen (secondary N) is 2. The van der Waals surface area contributed by atoms with Crippen LogP contribution in [0.4, 0.5) is 0 Å². The summed E-state index contributed by atoms with van der Waals surface area (Å²) in [5.74, 6) is -0.110. The minimum atomic E-state index is -0.291. The number of morpholine rings is 1. The molecule has 0 bridgehead atoms. The average Bonchev–Trinajstić information content (AvgIpc) is 2.15. The SMILES string of the molecule is CC1OCCNC1C(=O)NCCO. The number of ether oxygens (including phenoxy) is 1. The predicted molar refractivity (Wildman–Crippen MR) is 47.3 cm³/mol. The molecule has 0 aromatic heterocycles. The first-order chi connectivity index (χ1) is 6.25. The summed E-state index contributed by atoms with van der Waals surface area (Å²) in [5.41, 5.74) is 0. The van der Waals surface area contributed by atoms with Gasteiger partial charge in [0.25, 0.3) is 0 Å². The minimum Gasteiger partial charge on any atom is -0.395 e. The van der Waals surface area contributed by atoms with Gasteiger partial charge in [0.05, 0.1) is 19.3 Å². The van der Waals surface area contributed by atoms with Gasteiger partial charge in [-0.3, -0.25) is 4.79 Å². The summed E-state index contributed by atoms with van der Waals surface area (Å²) in [5, 5.41) is 14.2. The summed E-state index contributed by atoms with van der Waals surface area (Å²) < 4.78 is 5.31. The molecule has 1 rings (SSSR count). The molecule has 1 amide bonds. The molecule has 1 heterocycles. The summed E-state index contributed by atoms with van der Waals surface area (Å²) in [7, 11) is 0. The first-order valence-electron chi connectivity index (χ1n) is 4.49. The van der Waals surface area contributed by atoms with E-state index in [2.05, 4.69) is 10.6 Å². The Morgan fingerprint density at radius 1 is 1.77 bits per heavy atom. The molecule has 0 aromatic rings. The Kier molecular flexibility index (Phi) is 4.14. The van der Waals surface area contributed by atoms with Crippen molar-refractivity contribution < 1.29 is 14.6 Å². The van der Waals surface area contributed by atoms with E-state index in [0.29, 0.717) is 19.7 Å². The molecule has 13 heavy (non-hydrogen) atoms. The van der Waals surface area contributed by atoms with E-state index in [4.69, 9.17) is 9.84 Å². The van der Waals surface area contributed by atoms with Gasteiger partial charge < -0.3 is 20.5 Å². The van der Waals surface area contributed by atoms with Crippen molar-refractivity contribution in [2.75, 3.05) is 26.3 Å². The van der Waals surface area contributed by atoms with Crippen molar-refractivity contribution in [3.63, 3.8) is 0 Å². The van der Waals surface area contributed by atoms with Gasteiger partial charge in [0.15, 0.2) is 0 Å². The number of rotatable bonds is 3. The molecule has 1 saturated heterocycles. The third kappa shape index (κ3) is 2.95. The fourth-order valence-electron chi connectivity index (χ4n) is 1.32. The summed E-state index contributed by atoms with van der Waals surface area (Å²) in [6.45, 7) is 3.46. The fraction of sp³-hybridized carbons (Fsp3) is 0.875. The fourth-order valence-corrected chi connectivity index (χ4v) is 1.32. The van der Waals surface area contributed by atoms with Crippen LogP contribution in [0.15, 0.2) is 0 Å². The van der Waals surface area contributed by atoms with Gasteiger partial charge in [-0.25, -0.2) is 0 Å². The van der Waals surface area contributed by atoms with Gasteiger partial charge in [-0.1, -0.05) is 0 Å². The molecule has 1 fully saturated rings. The first kappa shape index (κ1) is 10.4. The van der Waals surface area contributed by atoms with Crippen LogP contribution in [0.5, 0.6) is 0 Å². The van der Waals surface area contributed by atoms with Crippen molar-refractivity contribution in [3.8, 4) is 0 Å². The number of amides is 1. The molecule has 0 aliphatic carbocycles. The molecule has 5 heteroatoms. The molecule has 2 unspecified atom stereocenters. The second kappa shape index (κ2) is 5.16. The summed E-state index contributed by atoms with van der Waals surface area (Å²) in [6.07, 6.45) is -0.104. The van der Waals surface area contributed by atoms with Gasteiger partial charge in [0, 0.05) is 13.1 Å². The molecule has 5 nitrogen and oxygen atoms in total. The molecule has 2 atom stereocenters. The van der Waals surface area contributed by atoms with Crippen molar-refractivity contribution >= 4 is 5.91 Å². The van der Waals surface area contributed by atoms with Crippen LogP contribution >= 0.6 is 0 Å². The molecule has 0 aromatic carbocycles. The lowest BCUT2D eigenvalue weighted by Gasteiger charge is -2.29. The second-order valence-corrected chi connectivity index (χ2v) is 3.02. The highest BCUT2D eigenvalue weighted by molar-refractivity contribution is 5.82. The molecular weight excluding hydrogens is 172 g/mol. The van der Waals surface area contributed by atoms with E-state index in [9.17, 15) is 4.79 Å². The van der Waals surface area contributed by atoms with Crippen LogP contribution < -0.4 is 10.6 Å². The first-order valence-corrected chi connectivity index (χ1v) is 4.49. The number of carbonyl (C=O) groups excluding carboxylic acids is 1. The smallest absolute Gasteiger partial charge is 0.239 e. The summed E-state index contributed by atoms with van der Waals surface area (Å²) >= 11 is 0. The monoisotopic (exact) mass is 188 g/mol. The van der Waals surface area contributed by atoms with Crippen molar-refractivity contribution in [2.24, 2.45) is 0 Å². The maximum atomic E-state index is 11.4. The van der Waals surface area contributed by atoms with E-state index < -0.39 is 0 Å². The van der Waals surface area contributed by atoms with Crippen LogP contribution in [0.25, 0.3) is 0 Å². The largest absolute Gasteiger partial charge is 0.395 e. The minimum absolute atomic E-state index is 0.0340. The highest BCUT2D eigenvalue weighted by atomic mass is 16.5. The Labute approximate surface area is 77.5 Å². The Balaban J connectivity index is 2.35. The predicted octanol–water partition coefficient (Wildman–Crippen LogP) is -1.53. The average molecular weight is 188 g/mol. The van der Waals surface area contributed by atoms with Crippen LogP contribution in [-0.4, -0.2) is 49.5 Å². The number of aliphatic hydroxyl groups is 1. The van der Waals surface area contributed by atoms with Gasteiger partial charge in [-0.05, 0) is 6.92 Å². The topological polar surface area (TPSA) is 70.6 Å². The van der Waals surface area contributed by atoms with Crippen LogP contribution in [0, 0.1) is 0 Å². The lowest BCUT2D eigenvalue weighted by molar-refractivity contribution is -0.129. The zero-order valence-electron chi connectivity index (χ0n) is 7.75. The normalized spacial score (nSPS) is 28.5. The van der Waals surface area contributed by atoms with Crippen molar-refractivity contribution in [1.82, 2.24) is 10.6 Å². The van der Waals surface area contributed by atoms with Gasteiger partial charge in [-0.15, -0.1) is 0 Å². The van der Waals surface area contributed by atoms with Gasteiger partial charge in [0.1, 0.15) is 6.04 Å². The third-order valence-electron chi connectivity index (χ3n) is 2.01. The van der Waals surface area contributed by atoms with Gasteiger partial charge in [-0.2, -0.15) is 0 Å². The molecule has 1 aliphatic rings. The zero-order valence-corrected chi connectivity index (χ0v) is 7.75. The Morgan fingerprint density at radius 2 is 2.54 bits per heavy atom. The van der Waals surface area contributed by atoms with Crippen LogP contribution in [-0.2, 0) is 9.53 Å². The van der Waals surface area contributed by atoms with Gasteiger partial charge >= 0.3 is 0 Å². The van der Waals surface area contributed by atoms with E-state index >= 15 is 0 Å². The maximum absolute atomic E-state index is 11.4. The lowest BCUT2D eigenvalue weighted by Crippen LogP contribution is -2.55. The second-order valence-electron chi connectivity index (χ2n) is 3.02. The molecule has 3 N–H and O–H groups in total. The van der Waals surface area contributed by atoms with E-state index in [0.717, 1.165) is 0 Å². The number of hydrogen-bond donors (Lipinski definition) is 3. The quantitative estimate of drug-likeness (QED) is 0.502. The lowest BCUT2D eigenvalue weighted by atomic mass is 10.1. The number of carbonyl (C=O) groups is 1. The molecule has 0 spiro atoms. The van der Waals surface area contributed by atoms with Gasteiger partial charge in [0.2, 0.25) is 5.91 Å². The maximum Gasteiger partial charge on any atom is 0.239 e. The van der Waals surface area contributed by atoms with E-state index in [1.807, 2.05) is 6.92 Å². The summed E-state index contributed by atoms with van der Waals surface area (Å²) in [6, 6.07) is -0.291. The Hall–Kier alpha value is -0.650.